The first kappa shape index (κ1) is 12.4. The number of carboxylic acid groups (broad SMARTS) is 1. The summed E-state index contributed by atoms with van der Waals surface area (Å²) < 4.78 is 0.874. The molecule has 2 rings (SSSR count). The van der Waals surface area contributed by atoms with E-state index in [4.69, 9.17) is 5.11 Å². The number of hydrogen-bond acceptors (Lipinski definition) is 2. The van der Waals surface area contributed by atoms with Crippen molar-refractivity contribution in [2.45, 2.75) is 25.7 Å². The maximum absolute atomic E-state index is 10.9. The lowest BCUT2D eigenvalue weighted by Gasteiger charge is -2.24. The highest BCUT2D eigenvalue weighted by atomic mass is 79.9. The summed E-state index contributed by atoms with van der Waals surface area (Å²) in [4.78, 5) is 13.2. The second kappa shape index (κ2) is 5.54. The fourth-order valence-electron chi connectivity index (χ4n) is 2.21. The normalized spacial score (nSPS) is 16.6. The molecule has 1 fully saturated rings. The van der Waals surface area contributed by atoms with Crippen LogP contribution >= 0.6 is 15.9 Å². The van der Waals surface area contributed by atoms with E-state index in [0.29, 0.717) is 5.56 Å². The van der Waals surface area contributed by atoms with E-state index in [1.807, 2.05) is 6.07 Å². The van der Waals surface area contributed by atoms with E-state index in [-0.39, 0.29) is 0 Å². The summed E-state index contributed by atoms with van der Waals surface area (Å²) in [5, 5.41) is 8.92. The van der Waals surface area contributed by atoms with Crippen LogP contribution in [0.2, 0.25) is 0 Å². The number of nitrogens with zero attached hydrogens (tertiary/aromatic N) is 1. The minimum Gasteiger partial charge on any atom is -0.478 e. The van der Waals surface area contributed by atoms with Crippen LogP contribution in [0.1, 0.15) is 36.0 Å². The Morgan fingerprint density at radius 3 is 2.35 bits per heavy atom. The van der Waals surface area contributed by atoms with E-state index >= 15 is 0 Å². The Hall–Kier alpha value is -1.03. The Morgan fingerprint density at radius 1 is 1.18 bits per heavy atom. The van der Waals surface area contributed by atoms with Gasteiger partial charge in [0.1, 0.15) is 0 Å². The van der Waals surface area contributed by atoms with Crippen molar-refractivity contribution in [3.05, 3.63) is 28.2 Å². The van der Waals surface area contributed by atoms with Gasteiger partial charge in [0.15, 0.2) is 0 Å². The van der Waals surface area contributed by atoms with Gasteiger partial charge in [-0.1, -0.05) is 12.8 Å². The maximum atomic E-state index is 10.9. The Morgan fingerprint density at radius 2 is 1.82 bits per heavy atom. The summed E-state index contributed by atoms with van der Waals surface area (Å²) >= 11 is 3.47. The third kappa shape index (κ3) is 3.00. The van der Waals surface area contributed by atoms with Crippen LogP contribution in [0.3, 0.4) is 0 Å². The third-order valence-corrected chi connectivity index (χ3v) is 3.78. The van der Waals surface area contributed by atoms with E-state index in [1.165, 1.54) is 25.7 Å². The molecule has 3 nitrogen and oxygen atoms in total. The highest BCUT2D eigenvalue weighted by molar-refractivity contribution is 9.10. The molecule has 0 amide bonds. The standard InChI is InChI=1S/C13H16BrNO2/c14-11-9-10(13(16)17)5-6-12(11)15-7-3-1-2-4-8-15/h5-6,9H,1-4,7-8H2,(H,16,17). The average molecular weight is 298 g/mol. The fourth-order valence-corrected chi connectivity index (χ4v) is 2.84. The molecule has 1 aliphatic rings. The van der Waals surface area contributed by atoms with Crippen molar-refractivity contribution in [3.8, 4) is 0 Å². The highest BCUT2D eigenvalue weighted by Gasteiger charge is 2.14. The predicted molar refractivity (Wildman–Crippen MR) is 71.8 cm³/mol. The van der Waals surface area contributed by atoms with Gasteiger partial charge in [0, 0.05) is 17.6 Å². The molecule has 0 aromatic heterocycles. The van der Waals surface area contributed by atoms with E-state index in [1.54, 1.807) is 12.1 Å². The smallest absolute Gasteiger partial charge is 0.335 e. The second-order valence-corrected chi connectivity index (χ2v) is 5.23. The monoisotopic (exact) mass is 297 g/mol. The zero-order valence-corrected chi connectivity index (χ0v) is 11.2. The van der Waals surface area contributed by atoms with Gasteiger partial charge in [-0.25, -0.2) is 4.79 Å². The number of hydrogen-bond donors (Lipinski definition) is 1. The van der Waals surface area contributed by atoms with Gasteiger partial charge in [0.2, 0.25) is 0 Å². The predicted octanol–water partition coefficient (Wildman–Crippen LogP) is 3.53. The van der Waals surface area contributed by atoms with Gasteiger partial charge in [-0.15, -0.1) is 0 Å². The zero-order valence-electron chi connectivity index (χ0n) is 9.66. The molecule has 1 aromatic carbocycles. The Kier molecular flexibility index (Phi) is 4.05. The van der Waals surface area contributed by atoms with Crippen molar-refractivity contribution in [3.63, 3.8) is 0 Å². The number of aromatic carboxylic acids is 1. The Labute approximate surface area is 110 Å². The lowest BCUT2D eigenvalue weighted by Crippen LogP contribution is -2.24. The van der Waals surface area contributed by atoms with Crippen LogP contribution < -0.4 is 4.90 Å². The molecule has 92 valence electrons. The molecule has 0 atom stereocenters. The number of carboxylic acids is 1. The number of rotatable bonds is 2. The van der Waals surface area contributed by atoms with Gasteiger partial charge in [-0.2, -0.15) is 0 Å². The van der Waals surface area contributed by atoms with Crippen LogP contribution in [0.15, 0.2) is 22.7 Å². The molecular weight excluding hydrogens is 282 g/mol. The molecule has 1 heterocycles. The molecule has 0 radical (unpaired) electrons. The van der Waals surface area contributed by atoms with Crippen LogP contribution in [0.4, 0.5) is 5.69 Å². The topological polar surface area (TPSA) is 40.5 Å². The number of carbonyl (C=O) groups is 1. The molecule has 0 saturated carbocycles. The molecule has 0 aliphatic carbocycles. The number of benzene rings is 1. The van der Waals surface area contributed by atoms with Crippen molar-refractivity contribution in [2.24, 2.45) is 0 Å². The third-order valence-electron chi connectivity index (χ3n) is 3.14. The van der Waals surface area contributed by atoms with Crippen molar-refractivity contribution < 1.29 is 9.90 Å². The second-order valence-electron chi connectivity index (χ2n) is 4.37. The lowest BCUT2D eigenvalue weighted by atomic mass is 10.2. The average Bonchev–Trinajstić information content (AvgIpc) is 2.57. The fraction of sp³-hybridized carbons (Fsp3) is 0.462. The first-order valence-corrected chi connectivity index (χ1v) is 6.75. The Balaban J connectivity index is 2.22. The minimum absolute atomic E-state index is 0.329. The zero-order chi connectivity index (χ0) is 12.3. The van der Waals surface area contributed by atoms with Gasteiger partial charge in [-0.3, -0.25) is 0 Å². The van der Waals surface area contributed by atoms with Crippen LogP contribution in [0.25, 0.3) is 0 Å². The van der Waals surface area contributed by atoms with Gasteiger partial charge in [0.25, 0.3) is 0 Å². The minimum atomic E-state index is -0.881. The summed E-state index contributed by atoms with van der Waals surface area (Å²) in [5.74, 6) is -0.881. The first-order chi connectivity index (χ1) is 8.18. The first-order valence-electron chi connectivity index (χ1n) is 5.96. The molecule has 4 heteroatoms. The summed E-state index contributed by atoms with van der Waals surface area (Å²) in [6, 6.07) is 5.26. The van der Waals surface area contributed by atoms with Gasteiger partial charge >= 0.3 is 5.97 Å². The van der Waals surface area contributed by atoms with Crippen LogP contribution in [-0.2, 0) is 0 Å². The quantitative estimate of drug-likeness (QED) is 0.908. The molecule has 0 spiro atoms. The van der Waals surface area contributed by atoms with Gasteiger partial charge in [0.05, 0.1) is 11.3 Å². The summed E-state index contributed by atoms with van der Waals surface area (Å²) in [6.07, 6.45) is 5.02. The summed E-state index contributed by atoms with van der Waals surface area (Å²) in [7, 11) is 0. The molecule has 0 unspecified atom stereocenters. The Bertz CT molecular complexity index is 412. The molecule has 1 saturated heterocycles. The van der Waals surface area contributed by atoms with Crippen molar-refractivity contribution in [2.75, 3.05) is 18.0 Å². The molecular formula is C13H16BrNO2. The highest BCUT2D eigenvalue weighted by Crippen LogP contribution is 2.29. The number of anilines is 1. The molecule has 1 aromatic rings. The van der Waals surface area contributed by atoms with Crippen LogP contribution in [0, 0.1) is 0 Å². The lowest BCUT2D eigenvalue weighted by molar-refractivity contribution is 0.0697. The molecule has 1 aliphatic heterocycles. The molecule has 1 N–H and O–H groups in total. The van der Waals surface area contributed by atoms with Crippen molar-refractivity contribution in [1.29, 1.82) is 0 Å². The summed E-state index contributed by atoms with van der Waals surface area (Å²) in [6.45, 7) is 2.12. The van der Waals surface area contributed by atoms with E-state index < -0.39 is 5.97 Å². The van der Waals surface area contributed by atoms with Crippen molar-refractivity contribution in [1.82, 2.24) is 0 Å². The SMILES string of the molecule is O=C(O)c1ccc(N2CCCCCC2)c(Br)c1. The van der Waals surface area contributed by atoms with Gasteiger partial charge < -0.3 is 10.0 Å². The molecule has 0 bridgehead atoms. The van der Waals surface area contributed by atoms with Crippen LogP contribution in [-0.4, -0.2) is 24.2 Å². The van der Waals surface area contributed by atoms with E-state index in [2.05, 4.69) is 20.8 Å². The van der Waals surface area contributed by atoms with Crippen LogP contribution in [0.5, 0.6) is 0 Å². The number of halogens is 1. The summed E-state index contributed by atoms with van der Waals surface area (Å²) in [5.41, 5.74) is 1.44. The van der Waals surface area contributed by atoms with Crippen molar-refractivity contribution >= 4 is 27.6 Å². The largest absolute Gasteiger partial charge is 0.478 e. The molecule has 17 heavy (non-hydrogen) atoms. The van der Waals surface area contributed by atoms with E-state index in [0.717, 1.165) is 23.2 Å². The van der Waals surface area contributed by atoms with E-state index in [9.17, 15) is 4.79 Å². The van der Waals surface area contributed by atoms with Gasteiger partial charge in [-0.05, 0) is 47.0 Å². The maximum Gasteiger partial charge on any atom is 0.335 e.